The number of carbonyl (C=O) groups excluding carboxylic acids is 1. The quantitative estimate of drug-likeness (QED) is 0.446. The van der Waals surface area contributed by atoms with Gasteiger partial charge in [-0.25, -0.2) is 4.79 Å². The van der Waals surface area contributed by atoms with Crippen molar-refractivity contribution in [3.63, 3.8) is 0 Å². The van der Waals surface area contributed by atoms with Gasteiger partial charge in [0.25, 0.3) is 0 Å². The first-order valence-corrected chi connectivity index (χ1v) is 13.4. The number of aryl methyl sites for hydroxylation is 1. The molecule has 35 heavy (non-hydrogen) atoms. The Hall–Kier alpha value is -2.25. The fourth-order valence-electron chi connectivity index (χ4n) is 5.01. The highest BCUT2D eigenvalue weighted by Gasteiger charge is 2.26. The number of ether oxygens (including phenoxy) is 2. The van der Waals surface area contributed by atoms with Crippen LogP contribution in [0, 0.1) is 18.8 Å². The Morgan fingerprint density at radius 3 is 2.63 bits per heavy atom. The summed E-state index contributed by atoms with van der Waals surface area (Å²) in [5.41, 5.74) is 1.88. The third kappa shape index (κ3) is 7.61. The molecule has 2 aliphatic rings. The Morgan fingerprint density at radius 1 is 1.17 bits per heavy atom. The average molecular weight is 503 g/mol. The van der Waals surface area contributed by atoms with Crippen LogP contribution in [0.15, 0.2) is 24.3 Å². The number of hydrogen-bond acceptors (Lipinski definition) is 5. The first kappa shape index (κ1) is 25.8. The molecule has 7 nitrogen and oxygen atoms in total. The molecule has 0 spiro atoms. The number of halogens is 1. The van der Waals surface area contributed by atoms with Crippen LogP contribution in [-0.2, 0) is 11.3 Å². The normalized spacial score (nSPS) is 20.8. The largest absolute Gasteiger partial charge is 0.493 e. The first-order valence-electron chi connectivity index (χ1n) is 13.0. The number of anilines is 1. The van der Waals surface area contributed by atoms with Gasteiger partial charge in [0.15, 0.2) is 5.82 Å². The Balaban J connectivity index is 1.28. The maximum atomic E-state index is 12.5. The fraction of sp³-hybridized carbons (Fsp3) is 0.630. The molecule has 1 aliphatic heterocycles. The molecule has 192 valence electrons. The van der Waals surface area contributed by atoms with E-state index in [1.54, 1.807) is 0 Å². The van der Waals surface area contributed by atoms with Crippen molar-refractivity contribution in [2.75, 3.05) is 31.6 Å². The zero-order valence-corrected chi connectivity index (χ0v) is 22.0. The van der Waals surface area contributed by atoms with Crippen LogP contribution in [0.1, 0.15) is 63.6 Å². The second-order valence-corrected chi connectivity index (χ2v) is 10.9. The van der Waals surface area contributed by atoms with E-state index >= 15 is 0 Å². The van der Waals surface area contributed by atoms with E-state index in [0.29, 0.717) is 29.9 Å². The molecule has 1 N–H and O–H groups in total. The number of nitrogens with zero attached hydrogens (tertiary/aromatic N) is 3. The van der Waals surface area contributed by atoms with Crippen LogP contribution in [-0.4, -0.2) is 53.1 Å². The molecule has 8 heteroatoms. The highest BCUT2D eigenvalue weighted by Crippen LogP contribution is 2.29. The Bertz CT molecular complexity index is 979. The first-order chi connectivity index (χ1) is 16.9. The van der Waals surface area contributed by atoms with Crippen LogP contribution in [0.5, 0.6) is 5.75 Å². The fourth-order valence-corrected chi connectivity index (χ4v) is 5.20. The second-order valence-electron chi connectivity index (χ2n) is 10.5. The van der Waals surface area contributed by atoms with Crippen molar-refractivity contribution >= 4 is 23.5 Å². The zero-order valence-electron chi connectivity index (χ0n) is 21.3. The van der Waals surface area contributed by atoms with Crippen LogP contribution in [0.25, 0.3) is 0 Å². The van der Waals surface area contributed by atoms with E-state index in [9.17, 15) is 4.79 Å². The van der Waals surface area contributed by atoms with Crippen molar-refractivity contribution in [2.45, 2.75) is 71.9 Å². The third-order valence-corrected chi connectivity index (χ3v) is 7.14. The highest BCUT2D eigenvalue weighted by atomic mass is 35.5. The number of benzene rings is 1. The summed E-state index contributed by atoms with van der Waals surface area (Å²) in [6, 6.07) is 7.49. The third-order valence-electron chi connectivity index (χ3n) is 6.91. The van der Waals surface area contributed by atoms with Gasteiger partial charge in [-0.1, -0.05) is 25.4 Å². The number of carbonyl (C=O) groups is 1. The van der Waals surface area contributed by atoms with Crippen LogP contribution in [0.4, 0.5) is 10.6 Å². The van der Waals surface area contributed by atoms with Gasteiger partial charge in [-0.05, 0) is 88.6 Å². The molecular formula is C27H39ClN4O3. The molecule has 0 radical (unpaired) electrons. The predicted octanol–water partition coefficient (Wildman–Crippen LogP) is 6.13. The average Bonchev–Trinajstić information content (AvgIpc) is 3.44. The van der Waals surface area contributed by atoms with Crippen LogP contribution in [0.3, 0.4) is 0 Å². The SMILES string of the molecule is Cc1cc(NC(=O)OC2CCC(CN3CCCC3)CC2)nn1Cc1cc(Cl)ccc1OCC(C)C. The predicted molar refractivity (Wildman–Crippen MR) is 139 cm³/mol. The lowest BCUT2D eigenvalue weighted by atomic mass is 9.87. The molecule has 1 amide bonds. The van der Waals surface area contributed by atoms with Gasteiger partial charge >= 0.3 is 6.09 Å². The standard InChI is InChI=1S/C27H39ClN4O3/c1-19(2)18-34-25-11-8-23(28)15-22(25)17-32-20(3)14-26(30-32)29-27(33)35-24-9-6-21(7-10-24)16-31-12-4-5-13-31/h8,11,14-15,19,21,24H,4-7,9-10,12-13,16-18H2,1-3H3,(H,29,30,33). The molecule has 0 atom stereocenters. The van der Waals surface area contributed by atoms with E-state index in [2.05, 4.69) is 29.2 Å². The summed E-state index contributed by atoms with van der Waals surface area (Å²) < 4.78 is 13.5. The van der Waals surface area contributed by atoms with Crippen LogP contribution < -0.4 is 10.1 Å². The minimum atomic E-state index is -0.429. The van der Waals surface area contributed by atoms with Crippen molar-refractivity contribution in [2.24, 2.45) is 11.8 Å². The lowest BCUT2D eigenvalue weighted by molar-refractivity contribution is 0.0686. The summed E-state index contributed by atoms with van der Waals surface area (Å²) >= 11 is 6.24. The molecule has 2 heterocycles. The topological polar surface area (TPSA) is 68.6 Å². The molecule has 1 aromatic carbocycles. The lowest BCUT2D eigenvalue weighted by Crippen LogP contribution is -2.32. The number of aromatic nitrogens is 2. The molecular weight excluding hydrogens is 464 g/mol. The molecule has 1 saturated heterocycles. The van der Waals surface area contributed by atoms with Crippen molar-refractivity contribution in [1.82, 2.24) is 14.7 Å². The summed E-state index contributed by atoms with van der Waals surface area (Å²) in [6.45, 7) is 11.0. The molecule has 2 aromatic rings. The van der Waals surface area contributed by atoms with Crippen LogP contribution >= 0.6 is 11.6 Å². The molecule has 1 saturated carbocycles. The summed E-state index contributed by atoms with van der Waals surface area (Å²) in [4.78, 5) is 15.1. The Morgan fingerprint density at radius 2 is 1.91 bits per heavy atom. The second kappa shape index (κ2) is 12.1. The van der Waals surface area contributed by atoms with Gasteiger partial charge in [-0.15, -0.1) is 0 Å². The lowest BCUT2D eigenvalue weighted by Gasteiger charge is -2.30. The van der Waals surface area contributed by atoms with E-state index < -0.39 is 6.09 Å². The van der Waals surface area contributed by atoms with E-state index in [-0.39, 0.29) is 6.10 Å². The Labute approximate surface area is 214 Å². The minimum absolute atomic E-state index is 0.0138. The van der Waals surface area contributed by atoms with Gasteiger partial charge < -0.3 is 14.4 Å². The maximum absolute atomic E-state index is 12.5. The van der Waals surface area contributed by atoms with Crippen molar-refractivity contribution < 1.29 is 14.3 Å². The smallest absolute Gasteiger partial charge is 0.413 e. The molecule has 1 aliphatic carbocycles. The molecule has 4 rings (SSSR count). The number of hydrogen-bond donors (Lipinski definition) is 1. The Kier molecular flexibility index (Phi) is 8.95. The van der Waals surface area contributed by atoms with E-state index in [1.165, 1.54) is 32.5 Å². The van der Waals surface area contributed by atoms with E-state index in [1.807, 2.05) is 35.9 Å². The van der Waals surface area contributed by atoms with Crippen molar-refractivity contribution in [3.8, 4) is 5.75 Å². The summed E-state index contributed by atoms with van der Waals surface area (Å²) in [6.07, 6.45) is 6.36. The van der Waals surface area contributed by atoms with E-state index in [4.69, 9.17) is 21.1 Å². The molecule has 1 aromatic heterocycles. The number of rotatable bonds is 9. The molecule has 2 fully saturated rings. The monoisotopic (exact) mass is 502 g/mol. The van der Waals surface area contributed by atoms with Gasteiger partial charge in [-0.3, -0.25) is 10.00 Å². The molecule has 0 bridgehead atoms. The highest BCUT2D eigenvalue weighted by molar-refractivity contribution is 6.30. The van der Waals surface area contributed by atoms with Gasteiger partial charge in [0.1, 0.15) is 11.9 Å². The summed E-state index contributed by atoms with van der Waals surface area (Å²) in [5, 5.41) is 8.04. The summed E-state index contributed by atoms with van der Waals surface area (Å²) in [5.74, 6) is 2.44. The maximum Gasteiger partial charge on any atom is 0.413 e. The van der Waals surface area contributed by atoms with E-state index in [0.717, 1.165) is 48.6 Å². The van der Waals surface area contributed by atoms with Crippen molar-refractivity contribution in [3.05, 3.63) is 40.5 Å². The van der Waals surface area contributed by atoms with Gasteiger partial charge in [0.05, 0.1) is 13.2 Å². The number of amides is 1. The summed E-state index contributed by atoms with van der Waals surface area (Å²) in [7, 11) is 0. The molecule has 0 unspecified atom stereocenters. The minimum Gasteiger partial charge on any atom is -0.493 e. The number of nitrogens with one attached hydrogen (secondary N) is 1. The number of likely N-dealkylation sites (tertiary alicyclic amines) is 1. The van der Waals surface area contributed by atoms with Crippen LogP contribution in [0.2, 0.25) is 5.02 Å². The van der Waals surface area contributed by atoms with Gasteiger partial charge in [0.2, 0.25) is 0 Å². The van der Waals surface area contributed by atoms with Crippen molar-refractivity contribution in [1.29, 1.82) is 0 Å². The van der Waals surface area contributed by atoms with Gasteiger partial charge in [-0.2, -0.15) is 5.10 Å². The van der Waals surface area contributed by atoms with Gasteiger partial charge in [0, 0.05) is 28.9 Å². The zero-order chi connectivity index (χ0) is 24.8.